The van der Waals surface area contributed by atoms with Crippen molar-refractivity contribution in [3.05, 3.63) is 0 Å². The van der Waals surface area contributed by atoms with Crippen LogP contribution in [0.15, 0.2) is 0 Å². The topological polar surface area (TPSA) is 55.6 Å². The van der Waals surface area contributed by atoms with Gasteiger partial charge in [0.1, 0.15) is 0 Å². The van der Waals surface area contributed by atoms with E-state index in [0.717, 1.165) is 6.42 Å². The smallest absolute Gasteiger partial charge is 0.239 e. The van der Waals surface area contributed by atoms with Crippen LogP contribution in [0.25, 0.3) is 0 Å². The Balaban J connectivity index is 2.60. The van der Waals surface area contributed by atoms with Crippen molar-refractivity contribution in [3.63, 3.8) is 0 Å². The molecular formula is C12H24N2O2. The monoisotopic (exact) mass is 228 g/mol. The first kappa shape index (κ1) is 13.5. The number of carbonyl (C=O) groups is 1. The van der Waals surface area contributed by atoms with E-state index >= 15 is 0 Å². The first-order valence-corrected chi connectivity index (χ1v) is 6.05. The highest BCUT2D eigenvalue weighted by Crippen LogP contribution is 2.18. The third kappa shape index (κ3) is 3.19. The minimum atomic E-state index is -0.376. The van der Waals surface area contributed by atoms with Crippen molar-refractivity contribution in [2.45, 2.75) is 45.8 Å². The van der Waals surface area contributed by atoms with Gasteiger partial charge in [0.2, 0.25) is 5.91 Å². The van der Waals surface area contributed by atoms with Crippen LogP contribution in [0.4, 0.5) is 0 Å². The second kappa shape index (κ2) is 5.15. The Morgan fingerprint density at radius 2 is 2.19 bits per heavy atom. The Hall–Kier alpha value is -0.610. The molecular weight excluding hydrogens is 204 g/mol. The van der Waals surface area contributed by atoms with Gasteiger partial charge in [-0.2, -0.15) is 0 Å². The van der Waals surface area contributed by atoms with E-state index in [-0.39, 0.29) is 23.5 Å². The van der Waals surface area contributed by atoms with Crippen molar-refractivity contribution >= 4 is 5.91 Å². The summed E-state index contributed by atoms with van der Waals surface area (Å²) in [5.74, 6) is 0.296. The minimum Gasteiger partial charge on any atom is -0.372 e. The molecule has 2 atom stereocenters. The fourth-order valence-electron chi connectivity index (χ4n) is 1.91. The summed E-state index contributed by atoms with van der Waals surface area (Å²) in [6, 6.07) is -0.376. The van der Waals surface area contributed by atoms with E-state index in [1.165, 1.54) is 0 Å². The lowest BCUT2D eigenvalue weighted by molar-refractivity contribution is -0.148. The molecule has 0 spiro atoms. The molecule has 2 unspecified atom stereocenters. The second-order valence-corrected chi connectivity index (χ2v) is 5.28. The molecule has 0 aromatic rings. The van der Waals surface area contributed by atoms with Gasteiger partial charge in [-0.15, -0.1) is 0 Å². The number of ether oxygens (including phenoxy) is 1. The molecule has 2 N–H and O–H groups in total. The van der Waals surface area contributed by atoms with Gasteiger partial charge in [-0.1, -0.05) is 20.3 Å². The fraction of sp³-hybridized carbons (Fsp3) is 0.917. The molecule has 1 aliphatic heterocycles. The average Bonchev–Trinajstić information content (AvgIpc) is 2.24. The highest BCUT2D eigenvalue weighted by atomic mass is 16.5. The highest BCUT2D eigenvalue weighted by Gasteiger charge is 2.33. The number of nitrogens with zero attached hydrogens (tertiary/aromatic N) is 1. The number of hydrogen-bond acceptors (Lipinski definition) is 3. The summed E-state index contributed by atoms with van der Waals surface area (Å²) >= 11 is 0. The molecule has 0 radical (unpaired) electrons. The van der Waals surface area contributed by atoms with Crippen molar-refractivity contribution in [2.75, 3.05) is 19.7 Å². The normalized spacial score (nSPS) is 23.9. The van der Waals surface area contributed by atoms with Crippen molar-refractivity contribution in [1.82, 2.24) is 4.90 Å². The van der Waals surface area contributed by atoms with Crippen molar-refractivity contribution in [1.29, 1.82) is 0 Å². The Bertz CT molecular complexity index is 253. The van der Waals surface area contributed by atoms with E-state index in [9.17, 15) is 4.79 Å². The average molecular weight is 228 g/mol. The number of carbonyl (C=O) groups excluding carboxylic acids is 1. The quantitative estimate of drug-likeness (QED) is 0.784. The third-order valence-corrected chi connectivity index (χ3v) is 3.28. The molecule has 0 aromatic carbocycles. The third-order valence-electron chi connectivity index (χ3n) is 3.28. The summed E-state index contributed by atoms with van der Waals surface area (Å²) in [5, 5.41) is 0. The Morgan fingerprint density at radius 3 is 2.69 bits per heavy atom. The van der Waals surface area contributed by atoms with Crippen LogP contribution in [0.3, 0.4) is 0 Å². The lowest BCUT2D eigenvalue weighted by Crippen LogP contribution is -2.55. The van der Waals surface area contributed by atoms with E-state index in [1.54, 1.807) is 0 Å². The minimum absolute atomic E-state index is 0.0609. The first-order chi connectivity index (χ1) is 7.37. The molecule has 1 aliphatic rings. The maximum atomic E-state index is 12.1. The van der Waals surface area contributed by atoms with Crippen LogP contribution < -0.4 is 5.73 Å². The summed E-state index contributed by atoms with van der Waals surface area (Å²) in [6.45, 7) is 9.98. The van der Waals surface area contributed by atoms with Gasteiger partial charge in [-0.3, -0.25) is 4.79 Å². The molecule has 1 amide bonds. The summed E-state index contributed by atoms with van der Waals surface area (Å²) in [7, 11) is 0. The number of rotatable bonds is 3. The van der Waals surface area contributed by atoms with Crippen LogP contribution in [0.2, 0.25) is 0 Å². The standard InChI is InChI=1S/C12H24N2O2/c1-5-9(2)10(13)11(15)14-6-7-16-12(3,4)8-14/h9-10H,5-8,13H2,1-4H3. The molecule has 0 aromatic heterocycles. The van der Waals surface area contributed by atoms with E-state index in [1.807, 2.05) is 25.7 Å². The molecule has 1 heterocycles. The van der Waals surface area contributed by atoms with Gasteiger partial charge < -0.3 is 15.4 Å². The van der Waals surface area contributed by atoms with Crippen molar-refractivity contribution in [3.8, 4) is 0 Å². The number of amides is 1. The van der Waals surface area contributed by atoms with Gasteiger partial charge >= 0.3 is 0 Å². The molecule has 16 heavy (non-hydrogen) atoms. The number of hydrogen-bond donors (Lipinski definition) is 1. The van der Waals surface area contributed by atoms with Crippen molar-refractivity contribution < 1.29 is 9.53 Å². The van der Waals surface area contributed by atoms with Crippen molar-refractivity contribution in [2.24, 2.45) is 11.7 Å². The SMILES string of the molecule is CCC(C)C(N)C(=O)N1CCOC(C)(C)C1. The maximum absolute atomic E-state index is 12.1. The molecule has 1 rings (SSSR count). The van der Waals surface area contributed by atoms with Gasteiger partial charge in [0, 0.05) is 13.1 Å². The van der Waals surface area contributed by atoms with Gasteiger partial charge in [-0.25, -0.2) is 0 Å². The predicted octanol–water partition coefficient (Wildman–Crippen LogP) is 0.997. The van der Waals surface area contributed by atoms with Crippen LogP contribution in [0, 0.1) is 5.92 Å². The van der Waals surface area contributed by atoms with E-state index < -0.39 is 0 Å². The Labute approximate surface area is 98.1 Å². The fourth-order valence-corrected chi connectivity index (χ4v) is 1.91. The molecule has 4 nitrogen and oxygen atoms in total. The largest absolute Gasteiger partial charge is 0.372 e. The van der Waals surface area contributed by atoms with Gasteiger partial charge in [0.05, 0.1) is 18.2 Å². The lowest BCUT2D eigenvalue weighted by atomic mass is 9.97. The zero-order valence-electron chi connectivity index (χ0n) is 10.8. The molecule has 0 bridgehead atoms. The van der Waals surface area contributed by atoms with Crippen LogP contribution in [-0.4, -0.2) is 42.1 Å². The van der Waals surface area contributed by atoms with Crippen LogP contribution in [0.1, 0.15) is 34.1 Å². The molecule has 1 fully saturated rings. The zero-order chi connectivity index (χ0) is 12.3. The summed E-state index contributed by atoms with van der Waals surface area (Å²) in [5.41, 5.74) is 5.71. The van der Waals surface area contributed by atoms with Gasteiger partial charge in [0.25, 0.3) is 0 Å². The Morgan fingerprint density at radius 1 is 1.56 bits per heavy atom. The van der Waals surface area contributed by atoms with E-state index in [4.69, 9.17) is 10.5 Å². The predicted molar refractivity (Wildman–Crippen MR) is 64.0 cm³/mol. The van der Waals surface area contributed by atoms with Crippen LogP contribution in [-0.2, 0) is 9.53 Å². The maximum Gasteiger partial charge on any atom is 0.239 e. The second-order valence-electron chi connectivity index (χ2n) is 5.28. The molecule has 0 aliphatic carbocycles. The molecule has 4 heteroatoms. The lowest BCUT2D eigenvalue weighted by Gasteiger charge is -2.39. The highest BCUT2D eigenvalue weighted by molar-refractivity contribution is 5.82. The number of nitrogens with two attached hydrogens (primary N) is 1. The first-order valence-electron chi connectivity index (χ1n) is 6.05. The van der Waals surface area contributed by atoms with E-state index in [0.29, 0.717) is 19.7 Å². The summed E-state index contributed by atoms with van der Waals surface area (Å²) in [6.07, 6.45) is 0.931. The Kier molecular flexibility index (Phi) is 4.33. The summed E-state index contributed by atoms with van der Waals surface area (Å²) in [4.78, 5) is 14.0. The molecule has 1 saturated heterocycles. The molecule has 94 valence electrons. The summed E-state index contributed by atoms with van der Waals surface area (Å²) < 4.78 is 5.58. The van der Waals surface area contributed by atoms with E-state index in [2.05, 4.69) is 6.92 Å². The van der Waals surface area contributed by atoms with Crippen LogP contribution in [0.5, 0.6) is 0 Å². The van der Waals surface area contributed by atoms with Gasteiger partial charge in [-0.05, 0) is 19.8 Å². The van der Waals surface area contributed by atoms with Crippen LogP contribution >= 0.6 is 0 Å². The number of morpholine rings is 1. The zero-order valence-corrected chi connectivity index (χ0v) is 10.8. The molecule has 0 saturated carbocycles. The van der Waals surface area contributed by atoms with Gasteiger partial charge in [0.15, 0.2) is 0 Å².